The third-order valence-corrected chi connectivity index (χ3v) is 6.96. The van der Waals surface area contributed by atoms with Crippen LogP contribution >= 0.6 is 23.4 Å². The lowest BCUT2D eigenvalue weighted by Crippen LogP contribution is -2.36. The molecule has 3 aromatic carbocycles. The Bertz CT molecular complexity index is 1240. The SMILES string of the molecule is Cc1ccc(N=C2SC(CC(=O)Nc3cccc4ccccc34)C(=O)N2CC(C)C)cc1Cl. The Balaban J connectivity index is 1.53. The Hall–Kier alpha value is -2.83. The van der Waals surface area contributed by atoms with E-state index in [4.69, 9.17) is 16.6 Å². The molecule has 1 fully saturated rings. The number of hydrogen-bond acceptors (Lipinski definition) is 4. The molecule has 1 unspecified atom stereocenters. The van der Waals surface area contributed by atoms with E-state index in [0.717, 1.165) is 22.0 Å². The molecule has 1 aliphatic rings. The largest absolute Gasteiger partial charge is 0.325 e. The van der Waals surface area contributed by atoms with Gasteiger partial charge >= 0.3 is 0 Å². The number of amides is 2. The molecule has 0 saturated carbocycles. The number of aryl methyl sites for hydroxylation is 1. The maximum Gasteiger partial charge on any atom is 0.242 e. The molecule has 170 valence electrons. The standard InChI is InChI=1S/C26H26ClN3O2S/c1-16(2)15-30-25(32)23(33-26(30)28-19-12-11-17(3)21(27)13-19)14-24(31)29-22-10-6-8-18-7-4-5-9-20(18)22/h4-13,16,23H,14-15H2,1-3H3,(H,29,31). The fraction of sp³-hybridized carbons (Fsp3) is 0.269. The molecule has 5 nitrogen and oxygen atoms in total. The zero-order valence-electron chi connectivity index (χ0n) is 18.8. The van der Waals surface area contributed by atoms with Crippen LogP contribution in [0.15, 0.2) is 65.7 Å². The third kappa shape index (κ3) is 5.40. The number of thioether (sulfide) groups is 1. The summed E-state index contributed by atoms with van der Waals surface area (Å²) in [6.07, 6.45) is 0.0784. The Morgan fingerprint density at radius 2 is 1.91 bits per heavy atom. The molecule has 33 heavy (non-hydrogen) atoms. The van der Waals surface area contributed by atoms with Gasteiger partial charge in [0.1, 0.15) is 5.25 Å². The van der Waals surface area contributed by atoms with Gasteiger partial charge in [0.25, 0.3) is 0 Å². The fourth-order valence-electron chi connectivity index (χ4n) is 3.72. The summed E-state index contributed by atoms with van der Waals surface area (Å²) in [5, 5.41) is 5.73. The van der Waals surface area contributed by atoms with Crippen molar-refractivity contribution in [2.75, 3.05) is 11.9 Å². The molecule has 0 spiro atoms. The number of carbonyl (C=O) groups is 2. The molecule has 7 heteroatoms. The first kappa shape index (κ1) is 23.3. The van der Waals surface area contributed by atoms with Crippen LogP contribution in [0, 0.1) is 12.8 Å². The van der Waals surface area contributed by atoms with Crippen molar-refractivity contribution in [3.63, 3.8) is 0 Å². The average Bonchev–Trinajstić information content (AvgIpc) is 3.05. The molecule has 1 saturated heterocycles. The molecule has 1 N–H and O–H groups in total. The number of carbonyl (C=O) groups excluding carboxylic acids is 2. The summed E-state index contributed by atoms with van der Waals surface area (Å²) in [6, 6.07) is 19.3. The number of fused-ring (bicyclic) bond motifs is 1. The van der Waals surface area contributed by atoms with Gasteiger partial charge < -0.3 is 5.32 Å². The monoisotopic (exact) mass is 479 g/mol. The summed E-state index contributed by atoms with van der Waals surface area (Å²) in [4.78, 5) is 32.5. The second-order valence-electron chi connectivity index (χ2n) is 8.56. The maximum atomic E-state index is 13.2. The van der Waals surface area contributed by atoms with E-state index in [2.05, 4.69) is 19.2 Å². The minimum Gasteiger partial charge on any atom is -0.325 e. The van der Waals surface area contributed by atoms with Crippen molar-refractivity contribution >= 4 is 62.5 Å². The van der Waals surface area contributed by atoms with E-state index in [-0.39, 0.29) is 24.2 Å². The zero-order chi connectivity index (χ0) is 23.5. The van der Waals surface area contributed by atoms with Gasteiger partial charge in [0.15, 0.2) is 5.17 Å². The molecular weight excluding hydrogens is 454 g/mol. The Morgan fingerprint density at radius 1 is 1.15 bits per heavy atom. The number of amidine groups is 1. The first-order valence-corrected chi connectivity index (χ1v) is 12.2. The smallest absolute Gasteiger partial charge is 0.242 e. The van der Waals surface area contributed by atoms with E-state index in [1.807, 2.05) is 61.5 Å². The maximum absolute atomic E-state index is 13.2. The number of halogens is 1. The van der Waals surface area contributed by atoms with Crippen LogP contribution in [-0.2, 0) is 9.59 Å². The minimum absolute atomic E-state index is 0.0784. The quantitative estimate of drug-likeness (QED) is 0.443. The highest BCUT2D eigenvalue weighted by molar-refractivity contribution is 8.15. The average molecular weight is 480 g/mol. The summed E-state index contributed by atoms with van der Waals surface area (Å²) in [6.45, 7) is 6.59. The van der Waals surface area contributed by atoms with Crippen LogP contribution in [0.3, 0.4) is 0 Å². The van der Waals surface area contributed by atoms with Crippen LogP contribution in [0.25, 0.3) is 10.8 Å². The third-order valence-electron chi connectivity index (χ3n) is 5.38. The molecule has 0 bridgehead atoms. The number of nitrogens with zero attached hydrogens (tertiary/aromatic N) is 2. The summed E-state index contributed by atoms with van der Waals surface area (Å²) < 4.78 is 0. The number of aliphatic imine (C=N–C) groups is 1. The first-order valence-electron chi connectivity index (χ1n) is 10.9. The lowest BCUT2D eigenvalue weighted by Gasteiger charge is -2.18. The zero-order valence-corrected chi connectivity index (χ0v) is 20.4. The predicted octanol–water partition coefficient (Wildman–Crippen LogP) is 6.42. The Morgan fingerprint density at radius 3 is 2.67 bits per heavy atom. The molecule has 3 aromatic rings. The van der Waals surface area contributed by atoms with Gasteiger partial charge in [-0.3, -0.25) is 14.5 Å². The van der Waals surface area contributed by atoms with Gasteiger partial charge in [0.05, 0.1) is 5.69 Å². The van der Waals surface area contributed by atoms with Crippen molar-refractivity contribution in [3.8, 4) is 0 Å². The van der Waals surface area contributed by atoms with Crippen molar-refractivity contribution in [3.05, 3.63) is 71.2 Å². The summed E-state index contributed by atoms with van der Waals surface area (Å²) in [5.74, 6) is -0.00956. The predicted molar refractivity (Wildman–Crippen MR) is 138 cm³/mol. The molecule has 0 aromatic heterocycles. The van der Waals surface area contributed by atoms with E-state index in [1.165, 1.54) is 11.8 Å². The fourth-order valence-corrected chi connectivity index (χ4v) is 5.07. The van der Waals surface area contributed by atoms with Gasteiger partial charge in [-0.1, -0.05) is 79.7 Å². The van der Waals surface area contributed by atoms with Crippen LogP contribution in [0.2, 0.25) is 5.02 Å². The number of anilines is 1. The highest BCUT2D eigenvalue weighted by atomic mass is 35.5. The van der Waals surface area contributed by atoms with Crippen LogP contribution in [0.4, 0.5) is 11.4 Å². The highest BCUT2D eigenvalue weighted by Crippen LogP contribution is 2.33. The number of hydrogen-bond donors (Lipinski definition) is 1. The molecular formula is C26H26ClN3O2S. The molecule has 4 rings (SSSR count). The van der Waals surface area contributed by atoms with Crippen LogP contribution in [-0.4, -0.2) is 33.7 Å². The normalized spacial score (nSPS) is 17.4. The van der Waals surface area contributed by atoms with Crippen LogP contribution in [0.5, 0.6) is 0 Å². The van der Waals surface area contributed by atoms with Crippen molar-refractivity contribution in [1.29, 1.82) is 0 Å². The van der Waals surface area contributed by atoms with Gasteiger partial charge in [0, 0.05) is 29.1 Å². The summed E-state index contributed by atoms with van der Waals surface area (Å²) in [7, 11) is 0. The molecule has 1 atom stereocenters. The molecule has 2 amide bonds. The van der Waals surface area contributed by atoms with Crippen molar-refractivity contribution in [2.24, 2.45) is 10.9 Å². The lowest BCUT2D eigenvalue weighted by molar-refractivity contribution is -0.128. The first-order chi connectivity index (χ1) is 15.8. The van der Waals surface area contributed by atoms with E-state index in [1.54, 1.807) is 11.0 Å². The number of rotatable bonds is 6. The van der Waals surface area contributed by atoms with E-state index in [9.17, 15) is 9.59 Å². The second-order valence-corrected chi connectivity index (χ2v) is 10.1. The van der Waals surface area contributed by atoms with Crippen molar-refractivity contribution in [1.82, 2.24) is 4.90 Å². The number of nitrogens with one attached hydrogen (secondary N) is 1. The van der Waals surface area contributed by atoms with Gasteiger partial charge in [-0.05, 0) is 42.0 Å². The Kier molecular flexibility index (Phi) is 7.05. The highest BCUT2D eigenvalue weighted by Gasteiger charge is 2.39. The van der Waals surface area contributed by atoms with Crippen LogP contribution in [0.1, 0.15) is 25.8 Å². The second kappa shape index (κ2) is 9.98. The van der Waals surface area contributed by atoms with Crippen LogP contribution < -0.4 is 5.32 Å². The van der Waals surface area contributed by atoms with E-state index < -0.39 is 5.25 Å². The van der Waals surface area contributed by atoms with Gasteiger partial charge in [-0.25, -0.2) is 4.99 Å². The summed E-state index contributed by atoms with van der Waals surface area (Å²) >= 11 is 7.59. The van der Waals surface area contributed by atoms with Gasteiger partial charge in [-0.15, -0.1) is 0 Å². The number of benzene rings is 3. The minimum atomic E-state index is -0.515. The van der Waals surface area contributed by atoms with Gasteiger partial charge in [0.2, 0.25) is 11.8 Å². The lowest BCUT2D eigenvalue weighted by atomic mass is 10.1. The van der Waals surface area contributed by atoms with Crippen molar-refractivity contribution < 1.29 is 9.59 Å². The molecule has 1 heterocycles. The molecule has 0 radical (unpaired) electrons. The molecule has 1 aliphatic heterocycles. The summed E-state index contributed by atoms with van der Waals surface area (Å²) in [5.41, 5.74) is 2.41. The van der Waals surface area contributed by atoms with Crippen molar-refractivity contribution in [2.45, 2.75) is 32.4 Å². The van der Waals surface area contributed by atoms with E-state index >= 15 is 0 Å². The Labute approximate surface area is 203 Å². The topological polar surface area (TPSA) is 61.8 Å². The van der Waals surface area contributed by atoms with Gasteiger partial charge in [-0.2, -0.15) is 0 Å². The van der Waals surface area contributed by atoms with E-state index in [0.29, 0.717) is 22.4 Å². The molecule has 0 aliphatic carbocycles.